The Bertz CT molecular complexity index is 140. The van der Waals surface area contributed by atoms with Gasteiger partial charge in [0.05, 0.1) is 0 Å². The zero-order valence-electron chi connectivity index (χ0n) is 5.60. The van der Waals surface area contributed by atoms with Gasteiger partial charge in [0.15, 0.2) is 0 Å². The molecule has 0 aliphatic heterocycles. The van der Waals surface area contributed by atoms with Crippen LogP contribution in [0.25, 0.3) is 0 Å². The Morgan fingerprint density at radius 3 is 2.89 bits per heavy atom. The Morgan fingerprint density at radius 2 is 2.22 bits per heavy atom. The minimum absolute atomic E-state index is 0.490. The fourth-order valence-corrected chi connectivity index (χ4v) is 2.22. The Morgan fingerprint density at radius 1 is 1.33 bits per heavy atom. The summed E-state index contributed by atoms with van der Waals surface area (Å²) < 4.78 is 0. The SMILES string of the molecule is O=C1C[C@@H]2CCC[C@H]1C2. The number of fused-ring (bicyclic) bond motifs is 2. The lowest BCUT2D eigenvalue weighted by atomic mass is 9.89. The van der Waals surface area contributed by atoms with Crippen LogP contribution >= 0.6 is 0 Å². The van der Waals surface area contributed by atoms with E-state index in [1.807, 2.05) is 0 Å². The molecular weight excluding hydrogens is 112 g/mol. The molecule has 2 aliphatic rings. The summed E-state index contributed by atoms with van der Waals surface area (Å²) in [5.74, 6) is 1.83. The Labute approximate surface area is 55.4 Å². The van der Waals surface area contributed by atoms with Crippen LogP contribution in [-0.2, 0) is 4.79 Å². The molecule has 2 fully saturated rings. The van der Waals surface area contributed by atoms with Crippen LogP contribution in [0.3, 0.4) is 0 Å². The second-order valence-electron chi connectivity index (χ2n) is 3.40. The Kier molecular flexibility index (Phi) is 1.11. The van der Waals surface area contributed by atoms with Gasteiger partial charge in [0.2, 0.25) is 0 Å². The van der Waals surface area contributed by atoms with Crippen molar-refractivity contribution in [2.45, 2.75) is 32.1 Å². The zero-order chi connectivity index (χ0) is 6.27. The second-order valence-corrected chi connectivity index (χ2v) is 3.40. The second kappa shape index (κ2) is 1.83. The third-order valence-corrected chi connectivity index (χ3v) is 2.73. The molecule has 2 aliphatic carbocycles. The maximum absolute atomic E-state index is 11.1. The van der Waals surface area contributed by atoms with Crippen molar-refractivity contribution in [1.82, 2.24) is 0 Å². The van der Waals surface area contributed by atoms with Gasteiger partial charge < -0.3 is 0 Å². The highest BCUT2D eigenvalue weighted by Gasteiger charge is 2.34. The van der Waals surface area contributed by atoms with Crippen LogP contribution in [0.4, 0.5) is 0 Å². The van der Waals surface area contributed by atoms with Gasteiger partial charge in [-0.15, -0.1) is 0 Å². The molecule has 9 heavy (non-hydrogen) atoms. The fourth-order valence-electron chi connectivity index (χ4n) is 2.22. The molecule has 1 heteroatoms. The lowest BCUT2D eigenvalue weighted by Crippen LogP contribution is -2.07. The summed E-state index contributed by atoms with van der Waals surface area (Å²) in [6.07, 6.45) is 5.95. The van der Waals surface area contributed by atoms with Crippen molar-refractivity contribution in [1.29, 1.82) is 0 Å². The lowest BCUT2D eigenvalue weighted by Gasteiger charge is -2.15. The van der Waals surface area contributed by atoms with Gasteiger partial charge >= 0.3 is 0 Å². The summed E-state index contributed by atoms with van der Waals surface area (Å²) in [6.45, 7) is 0. The van der Waals surface area contributed by atoms with E-state index in [2.05, 4.69) is 0 Å². The fraction of sp³-hybridized carbons (Fsp3) is 0.875. The van der Waals surface area contributed by atoms with E-state index in [0.29, 0.717) is 11.7 Å². The van der Waals surface area contributed by atoms with E-state index < -0.39 is 0 Å². The van der Waals surface area contributed by atoms with Crippen LogP contribution in [0.5, 0.6) is 0 Å². The van der Waals surface area contributed by atoms with Gasteiger partial charge in [-0.25, -0.2) is 0 Å². The summed E-state index contributed by atoms with van der Waals surface area (Å²) in [4.78, 5) is 11.1. The van der Waals surface area contributed by atoms with Crippen molar-refractivity contribution in [3.05, 3.63) is 0 Å². The number of hydrogen-bond donors (Lipinski definition) is 0. The van der Waals surface area contributed by atoms with Gasteiger partial charge in [-0.1, -0.05) is 6.42 Å². The molecule has 0 unspecified atom stereocenters. The zero-order valence-corrected chi connectivity index (χ0v) is 5.60. The van der Waals surface area contributed by atoms with Gasteiger partial charge in [0.1, 0.15) is 5.78 Å². The van der Waals surface area contributed by atoms with Crippen molar-refractivity contribution >= 4 is 5.78 Å². The van der Waals surface area contributed by atoms with E-state index >= 15 is 0 Å². The number of rotatable bonds is 0. The summed E-state index contributed by atoms with van der Waals surface area (Å²) >= 11 is 0. The van der Waals surface area contributed by atoms with Crippen LogP contribution in [0.2, 0.25) is 0 Å². The molecule has 0 radical (unpaired) electrons. The maximum atomic E-state index is 11.1. The molecule has 0 heterocycles. The first-order valence-electron chi connectivity index (χ1n) is 3.89. The molecular formula is C8H12O. The highest BCUT2D eigenvalue weighted by atomic mass is 16.1. The minimum Gasteiger partial charge on any atom is -0.299 e. The topological polar surface area (TPSA) is 17.1 Å². The van der Waals surface area contributed by atoms with Crippen molar-refractivity contribution in [2.24, 2.45) is 11.8 Å². The molecule has 0 aromatic heterocycles. The summed E-state index contributed by atoms with van der Waals surface area (Å²) in [7, 11) is 0. The largest absolute Gasteiger partial charge is 0.299 e. The van der Waals surface area contributed by atoms with E-state index in [1.54, 1.807) is 0 Å². The van der Waals surface area contributed by atoms with Crippen LogP contribution in [0.1, 0.15) is 32.1 Å². The molecule has 0 N–H and O–H groups in total. The Hall–Kier alpha value is -0.330. The van der Waals surface area contributed by atoms with Crippen molar-refractivity contribution < 1.29 is 4.79 Å². The predicted octanol–water partition coefficient (Wildman–Crippen LogP) is 1.77. The number of carbonyl (C=O) groups is 1. The van der Waals surface area contributed by atoms with Crippen molar-refractivity contribution in [2.75, 3.05) is 0 Å². The van der Waals surface area contributed by atoms with Gasteiger partial charge in [-0.3, -0.25) is 4.79 Å². The third-order valence-electron chi connectivity index (χ3n) is 2.73. The molecule has 0 spiro atoms. The minimum atomic E-state index is 0.490. The molecule has 0 aromatic rings. The number of carbonyl (C=O) groups excluding carboxylic acids is 1. The lowest BCUT2D eigenvalue weighted by molar-refractivity contribution is -0.120. The summed E-state index contributed by atoms with van der Waals surface area (Å²) in [5.41, 5.74) is 0. The van der Waals surface area contributed by atoms with Crippen molar-refractivity contribution in [3.63, 3.8) is 0 Å². The van der Waals surface area contributed by atoms with Gasteiger partial charge in [-0.2, -0.15) is 0 Å². The molecule has 2 atom stereocenters. The molecule has 1 nitrogen and oxygen atoms in total. The summed E-state index contributed by atoms with van der Waals surface area (Å²) in [5, 5.41) is 0. The monoisotopic (exact) mass is 124 g/mol. The molecule has 2 saturated carbocycles. The third kappa shape index (κ3) is 0.790. The maximum Gasteiger partial charge on any atom is 0.136 e. The molecule has 2 bridgehead atoms. The van der Waals surface area contributed by atoms with E-state index in [-0.39, 0.29) is 0 Å². The molecule has 0 amide bonds. The quantitative estimate of drug-likeness (QED) is 0.481. The average Bonchev–Trinajstić information content (AvgIpc) is 2.09. The van der Waals surface area contributed by atoms with E-state index in [4.69, 9.17) is 0 Å². The standard InChI is InChI=1S/C8H12O/c9-8-5-6-2-1-3-7(8)4-6/h6-7H,1-5H2/t6-,7+/m1/s1. The first-order valence-corrected chi connectivity index (χ1v) is 3.89. The van der Waals surface area contributed by atoms with Gasteiger partial charge in [-0.05, 0) is 25.2 Å². The predicted molar refractivity (Wildman–Crippen MR) is 35.1 cm³/mol. The van der Waals surface area contributed by atoms with Crippen molar-refractivity contribution in [3.8, 4) is 0 Å². The van der Waals surface area contributed by atoms with E-state index in [1.165, 1.54) is 25.7 Å². The first-order chi connectivity index (χ1) is 4.36. The average molecular weight is 124 g/mol. The van der Waals surface area contributed by atoms with Gasteiger partial charge in [0, 0.05) is 12.3 Å². The summed E-state index contributed by atoms with van der Waals surface area (Å²) in [6, 6.07) is 0. The smallest absolute Gasteiger partial charge is 0.136 e. The number of hydrogen-bond acceptors (Lipinski definition) is 1. The van der Waals surface area contributed by atoms with Gasteiger partial charge in [0.25, 0.3) is 0 Å². The number of ketones is 1. The highest BCUT2D eigenvalue weighted by molar-refractivity contribution is 5.83. The molecule has 0 saturated heterocycles. The van der Waals surface area contributed by atoms with E-state index in [9.17, 15) is 4.79 Å². The first kappa shape index (κ1) is 5.45. The molecule has 2 rings (SSSR count). The normalized spacial score (nSPS) is 41.6. The van der Waals surface area contributed by atoms with Crippen LogP contribution in [0.15, 0.2) is 0 Å². The highest BCUT2D eigenvalue weighted by Crippen LogP contribution is 2.39. The van der Waals surface area contributed by atoms with E-state index in [0.717, 1.165) is 12.3 Å². The molecule has 0 aromatic carbocycles. The van der Waals surface area contributed by atoms with Crippen LogP contribution in [-0.4, -0.2) is 5.78 Å². The van der Waals surface area contributed by atoms with Crippen LogP contribution in [0, 0.1) is 11.8 Å². The number of Topliss-reactive ketones (excluding diaryl/α,β-unsaturated/α-hetero) is 1. The molecule has 50 valence electrons. The Balaban J connectivity index is 2.15. The van der Waals surface area contributed by atoms with Crippen LogP contribution < -0.4 is 0 Å².